The summed E-state index contributed by atoms with van der Waals surface area (Å²) in [6.07, 6.45) is 1.91. The first-order valence-electron chi connectivity index (χ1n) is 4.67. The Morgan fingerprint density at radius 1 is 1.50 bits per heavy atom. The maximum atomic E-state index is 12.8. The number of carbonyl (C=O) groups excluding carboxylic acids is 1. The molecule has 16 heavy (non-hydrogen) atoms. The minimum absolute atomic E-state index is 0.171. The Bertz CT molecular complexity index is 484. The summed E-state index contributed by atoms with van der Waals surface area (Å²) in [5.41, 5.74) is 2.14. The number of benzene rings is 1. The first-order chi connectivity index (χ1) is 7.74. The molecule has 0 bridgehead atoms. The van der Waals surface area contributed by atoms with E-state index in [0.717, 1.165) is 4.88 Å². The van der Waals surface area contributed by atoms with Gasteiger partial charge in [0.15, 0.2) is 0 Å². The highest BCUT2D eigenvalue weighted by Crippen LogP contribution is 2.11. The average molecular weight is 236 g/mol. The summed E-state index contributed by atoms with van der Waals surface area (Å²) in [5.74, 6) is -0.537. The van der Waals surface area contributed by atoms with E-state index in [2.05, 4.69) is 10.3 Å². The molecule has 1 amide bonds. The predicted octanol–water partition coefficient (Wildman–Crippen LogP) is 2.46. The Hall–Kier alpha value is -1.75. The average Bonchev–Trinajstić information content (AvgIpc) is 2.70. The summed E-state index contributed by atoms with van der Waals surface area (Å²) in [6, 6.07) is 5.81. The van der Waals surface area contributed by atoms with Crippen LogP contribution in [0, 0.1) is 5.82 Å². The van der Waals surface area contributed by atoms with Gasteiger partial charge in [-0.1, -0.05) is 6.07 Å². The van der Waals surface area contributed by atoms with E-state index < -0.39 is 0 Å². The lowest BCUT2D eigenvalue weighted by Gasteiger charge is -2.03. The van der Waals surface area contributed by atoms with Gasteiger partial charge in [-0.2, -0.15) is 0 Å². The fourth-order valence-corrected chi connectivity index (χ4v) is 1.85. The molecule has 0 saturated carbocycles. The van der Waals surface area contributed by atoms with Gasteiger partial charge in [0.1, 0.15) is 5.82 Å². The number of aromatic nitrogens is 1. The van der Waals surface area contributed by atoms with E-state index in [1.54, 1.807) is 23.8 Å². The SMILES string of the molecule is O=C(Cc1cncs1)Nc1cccc(F)c1. The smallest absolute Gasteiger partial charge is 0.229 e. The summed E-state index contributed by atoms with van der Waals surface area (Å²) in [5, 5.41) is 2.62. The second kappa shape index (κ2) is 4.85. The van der Waals surface area contributed by atoms with Crippen molar-refractivity contribution in [2.75, 3.05) is 5.32 Å². The van der Waals surface area contributed by atoms with Crippen LogP contribution in [-0.2, 0) is 11.2 Å². The minimum atomic E-state index is -0.365. The third-order valence-electron chi connectivity index (χ3n) is 1.93. The maximum absolute atomic E-state index is 12.8. The number of hydrogen-bond donors (Lipinski definition) is 1. The normalized spacial score (nSPS) is 10.1. The van der Waals surface area contributed by atoms with Gasteiger partial charge in [0, 0.05) is 16.8 Å². The number of nitrogens with one attached hydrogen (secondary N) is 1. The second-order valence-corrected chi connectivity index (χ2v) is 4.17. The molecule has 0 aliphatic carbocycles. The second-order valence-electron chi connectivity index (χ2n) is 3.20. The van der Waals surface area contributed by atoms with Gasteiger partial charge in [0.2, 0.25) is 5.91 Å². The standard InChI is InChI=1S/C11H9FN2OS/c12-8-2-1-3-9(4-8)14-11(15)5-10-6-13-7-16-10/h1-4,6-7H,5H2,(H,14,15). The molecule has 0 aliphatic heterocycles. The van der Waals surface area contributed by atoms with E-state index in [9.17, 15) is 9.18 Å². The van der Waals surface area contributed by atoms with E-state index >= 15 is 0 Å². The zero-order chi connectivity index (χ0) is 11.4. The molecule has 3 nitrogen and oxygen atoms in total. The van der Waals surface area contributed by atoms with Crippen molar-refractivity contribution in [3.63, 3.8) is 0 Å². The van der Waals surface area contributed by atoms with Gasteiger partial charge >= 0.3 is 0 Å². The third-order valence-corrected chi connectivity index (χ3v) is 2.71. The molecule has 2 aromatic rings. The molecule has 82 valence electrons. The third kappa shape index (κ3) is 2.87. The van der Waals surface area contributed by atoms with Gasteiger partial charge in [-0.3, -0.25) is 9.78 Å². The fourth-order valence-electron chi connectivity index (χ4n) is 1.26. The molecule has 1 heterocycles. The van der Waals surface area contributed by atoms with Crippen LogP contribution in [0.25, 0.3) is 0 Å². The van der Waals surface area contributed by atoms with Crippen molar-refractivity contribution >= 4 is 22.9 Å². The van der Waals surface area contributed by atoms with E-state index in [1.807, 2.05) is 0 Å². The number of rotatable bonds is 3. The van der Waals surface area contributed by atoms with Crippen LogP contribution in [0.5, 0.6) is 0 Å². The Morgan fingerprint density at radius 2 is 2.38 bits per heavy atom. The summed E-state index contributed by atoms with van der Waals surface area (Å²) in [4.78, 5) is 16.3. The summed E-state index contributed by atoms with van der Waals surface area (Å²) in [7, 11) is 0. The molecule has 0 spiro atoms. The molecule has 0 unspecified atom stereocenters. The number of nitrogens with zero attached hydrogens (tertiary/aromatic N) is 1. The van der Waals surface area contributed by atoms with Crippen LogP contribution in [0.4, 0.5) is 10.1 Å². The number of hydrogen-bond acceptors (Lipinski definition) is 3. The van der Waals surface area contributed by atoms with Gasteiger partial charge in [-0.15, -0.1) is 11.3 Å². The number of halogens is 1. The van der Waals surface area contributed by atoms with Crippen molar-refractivity contribution in [3.8, 4) is 0 Å². The van der Waals surface area contributed by atoms with Crippen molar-refractivity contribution in [1.29, 1.82) is 0 Å². The molecule has 0 fully saturated rings. The Balaban J connectivity index is 1.97. The molecule has 0 saturated heterocycles. The van der Waals surface area contributed by atoms with E-state index in [4.69, 9.17) is 0 Å². The van der Waals surface area contributed by atoms with Gasteiger partial charge in [-0.25, -0.2) is 4.39 Å². The summed E-state index contributed by atoms with van der Waals surface area (Å²) < 4.78 is 12.8. The van der Waals surface area contributed by atoms with Crippen LogP contribution in [-0.4, -0.2) is 10.9 Å². The molecule has 5 heteroatoms. The van der Waals surface area contributed by atoms with Crippen LogP contribution >= 0.6 is 11.3 Å². The fraction of sp³-hybridized carbons (Fsp3) is 0.0909. The van der Waals surface area contributed by atoms with Gasteiger partial charge in [-0.05, 0) is 18.2 Å². The molecule has 1 aromatic carbocycles. The number of thiazole rings is 1. The van der Waals surface area contributed by atoms with Crippen LogP contribution in [0.2, 0.25) is 0 Å². The van der Waals surface area contributed by atoms with E-state index in [-0.39, 0.29) is 18.1 Å². The van der Waals surface area contributed by atoms with Crippen LogP contribution in [0.15, 0.2) is 36.0 Å². The monoisotopic (exact) mass is 236 g/mol. The highest BCUT2D eigenvalue weighted by Gasteiger charge is 2.05. The first kappa shape index (κ1) is 10.8. The zero-order valence-corrected chi connectivity index (χ0v) is 9.13. The predicted molar refractivity (Wildman–Crippen MR) is 60.8 cm³/mol. The van der Waals surface area contributed by atoms with Gasteiger partial charge in [0.05, 0.1) is 11.9 Å². The number of carbonyl (C=O) groups is 1. The van der Waals surface area contributed by atoms with Gasteiger partial charge in [0.25, 0.3) is 0 Å². The Labute approximate surface area is 96.0 Å². The lowest BCUT2D eigenvalue weighted by Crippen LogP contribution is -2.13. The highest BCUT2D eigenvalue weighted by atomic mass is 32.1. The topological polar surface area (TPSA) is 42.0 Å². The molecular formula is C11H9FN2OS. The van der Waals surface area contributed by atoms with Gasteiger partial charge < -0.3 is 5.32 Å². The molecule has 0 radical (unpaired) electrons. The molecule has 1 N–H and O–H groups in total. The first-order valence-corrected chi connectivity index (χ1v) is 5.55. The Kier molecular flexibility index (Phi) is 3.26. The van der Waals surface area contributed by atoms with Crippen LogP contribution < -0.4 is 5.32 Å². The summed E-state index contributed by atoms with van der Waals surface area (Å²) in [6.45, 7) is 0. The number of anilines is 1. The quantitative estimate of drug-likeness (QED) is 0.889. The van der Waals surface area contributed by atoms with Crippen LogP contribution in [0.3, 0.4) is 0 Å². The van der Waals surface area contributed by atoms with Crippen molar-refractivity contribution in [3.05, 3.63) is 46.7 Å². The highest BCUT2D eigenvalue weighted by molar-refractivity contribution is 7.09. The molecule has 2 rings (SSSR count). The van der Waals surface area contributed by atoms with E-state index in [0.29, 0.717) is 5.69 Å². The van der Waals surface area contributed by atoms with Crippen molar-refractivity contribution in [2.45, 2.75) is 6.42 Å². The zero-order valence-electron chi connectivity index (χ0n) is 8.31. The lowest BCUT2D eigenvalue weighted by atomic mass is 10.3. The largest absolute Gasteiger partial charge is 0.326 e. The Morgan fingerprint density at radius 3 is 3.06 bits per heavy atom. The summed E-state index contributed by atoms with van der Waals surface area (Å²) >= 11 is 1.42. The van der Waals surface area contributed by atoms with Crippen molar-refractivity contribution in [2.24, 2.45) is 0 Å². The molecular weight excluding hydrogens is 227 g/mol. The van der Waals surface area contributed by atoms with Crippen molar-refractivity contribution < 1.29 is 9.18 Å². The molecule has 0 aliphatic rings. The molecule has 1 aromatic heterocycles. The lowest BCUT2D eigenvalue weighted by molar-refractivity contribution is -0.115. The minimum Gasteiger partial charge on any atom is -0.326 e. The van der Waals surface area contributed by atoms with Crippen LogP contribution in [0.1, 0.15) is 4.88 Å². The van der Waals surface area contributed by atoms with Crippen molar-refractivity contribution in [1.82, 2.24) is 4.98 Å². The van der Waals surface area contributed by atoms with E-state index in [1.165, 1.54) is 23.5 Å². The molecule has 0 atom stereocenters. The maximum Gasteiger partial charge on any atom is 0.229 e. The number of amides is 1.